The quantitative estimate of drug-likeness (QED) is 0.713. The molecule has 1 aliphatic heterocycles. The Balaban J connectivity index is 2.00. The van der Waals surface area contributed by atoms with Crippen LogP contribution in [0.1, 0.15) is 28.5 Å². The minimum atomic E-state index is -0.311. The lowest BCUT2D eigenvalue weighted by Gasteiger charge is -2.16. The Morgan fingerprint density at radius 1 is 1.05 bits per heavy atom. The third kappa shape index (κ3) is 3.12. The van der Waals surface area contributed by atoms with Crippen molar-refractivity contribution in [3.05, 3.63) is 58.1 Å². The summed E-state index contributed by atoms with van der Waals surface area (Å²) in [5.74, 6) is 1.40. The summed E-state index contributed by atoms with van der Waals surface area (Å²) in [6.07, 6.45) is 0.865. The fourth-order valence-corrected chi connectivity index (χ4v) is 3.04. The van der Waals surface area contributed by atoms with Gasteiger partial charge in [0.15, 0.2) is 11.5 Å². The molecule has 1 atom stereocenters. The number of alkyl halides is 1. The molecule has 2 nitrogen and oxygen atoms in total. The monoisotopic (exact) mass is 322 g/mol. The molecule has 0 amide bonds. The van der Waals surface area contributed by atoms with Crippen LogP contribution in [0.15, 0.2) is 36.4 Å². The maximum absolute atomic E-state index is 6.61. The highest BCUT2D eigenvalue weighted by atomic mass is 35.5. The SMILES string of the molecule is Cc1cccc(C(Cl)c2cc3c(cc2Cl)OCCCO3)c1. The molecule has 0 radical (unpaired) electrons. The zero-order valence-corrected chi connectivity index (χ0v) is 13.2. The molecule has 0 saturated heterocycles. The smallest absolute Gasteiger partial charge is 0.162 e. The van der Waals surface area contributed by atoms with Crippen molar-refractivity contribution in [3.8, 4) is 11.5 Å². The van der Waals surface area contributed by atoms with E-state index in [4.69, 9.17) is 32.7 Å². The van der Waals surface area contributed by atoms with E-state index in [0.29, 0.717) is 29.7 Å². The van der Waals surface area contributed by atoms with Crippen LogP contribution in [-0.4, -0.2) is 13.2 Å². The second-order valence-corrected chi connectivity index (χ2v) is 5.99. The normalized spacial score (nSPS) is 15.4. The van der Waals surface area contributed by atoms with Gasteiger partial charge in [0.25, 0.3) is 0 Å². The van der Waals surface area contributed by atoms with Gasteiger partial charge in [0.1, 0.15) is 0 Å². The number of ether oxygens (including phenoxy) is 2. The Morgan fingerprint density at radius 2 is 1.76 bits per heavy atom. The number of aryl methyl sites for hydroxylation is 1. The average molecular weight is 323 g/mol. The largest absolute Gasteiger partial charge is 0.490 e. The third-order valence-corrected chi connectivity index (χ3v) is 4.29. The fourth-order valence-electron chi connectivity index (χ4n) is 2.40. The molecule has 2 aromatic rings. The van der Waals surface area contributed by atoms with E-state index in [1.165, 1.54) is 5.56 Å². The summed E-state index contributed by atoms with van der Waals surface area (Å²) in [4.78, 5) is 0. The first kappa shape index (κ1) is 14.6. The summed E-state index contributed by atoms with van der Waals surface area (Å²) < 4.78 is 11.3. The first-order valence-corrected chi connectivity index (χ1v) is 7.76. The first-order valence-electron chi connectivity index (χ1n) is 6.95. The highest BCUT2D eigenvalue weighted by molar-refractivity contribution is 6.33. The summed E-state index contributed by atoms with van der Waals surface area (Å²) in [7, 11) is 0. The van der Waals surface area contributed by atoms with E-state index in [1.807, 2.05) is 31.2 Å². The van der Waals surface area contributed by atoms with E-state index in [0.717, 1.165) is 17.5 Å². The minimum absolute atomic E-state index is 0.311. The zero-order chi connectivity index (χ0) is 14.8. The van der Waals surface area contributed by atoms with Crippen LogP contribution < -0.4 is 9.47 Å². The van der Waals surface area contributed by atoms with Crippen molar-refractivity contribution >= 4 is 23.2 Å². The van der Waals surface area contributed by atoms with Crippen molar-refractivity contribution < 1.29 is 9.47 Å². The van der Waals surface area contributed by atoms with Crippen molar-refractivity contribution in [1.82, 2.24) is 0 Å². The second kappa shape index (κ2) is 6.17. The van der Waals surface area contributed by atoms with Crippen LogP contribution in [-0.2, 0) is 0 Å². The van der Waals surface area contributed by atoms with Crippen LogP contribution in [0.25, 0.3) is 0 Å². The Bertz CT molecular complexity index is 655. The summed E-state index contributed by atoms with van der Waals surface area (Å²) in [6, 6.07) is 11.8. The van der Waals surface area contributed by atoms with Crippen molar-refractivity contribution in [2.24, 2.45) is 0 Å². The molecular weight excluding hydrogens is 307 g/mol. The fraction of sp³-hybridized carbons (Fsp3) is 0.294. The van der Waals surface area contributed by atoms with Gasteiger partial charge in [-0.3, -0.25) is 0 Å². The summed E-state index contributed by atoms with van der Waals surface area (Å²) >= 11 is 13.0. The zero-order valence-electron chi connectivity index (χ0n) is 11.7. The number of hydrogen-bond donors (Lipinski definition) is 0. The summed E-state index contributed by atoms with van der Waals surface area (Å²) in [6.45, 7) is 3.33. The minimum Gasteiger partial charge on any atom is -0.490 e. The molecule has 1 unspecified atom stereocenters. The van der Waals surface area contributed by atoms with Gasteiger partial charge in [-0.25, -0.2) is 0 Å². The Kier molecular flexibility index (Phi) is 4.27. The second-order valence-electron chi connectivity index (χ2n) is 5.15. The van der Waals surface area contributed by atoms with E-state index >= 15 is 0 Å². The Morgan fingerprint density at radius 3 is 2.48 bits per heavy atom. The molecule has 0 N–H and O–H groups in total. The van der Waals surface area contributed by atoms with E-state index in [-0.39, 0.29) is 5.38 Å². The van der Waals surface area contributed by atoms with Crippen LogP contribution in [0.3, 0.4) is 0 Å². The number of fused-ring (bicyclic) bond motifs is 1. The van der Waals surface area contributed by atoms with Gasteiger partial charge in [-0.1, -0.05) is 41.4 Å². The van der Waals surface area contributed by atoms with E-state index in [9.17, 15) is 0 Å². The molecule has 3 rings (SSSR count). The first-order chi connectivity index (χ1) is 10.1. The van der Waals surface area contributed by atoms with Gasteiger partial charge in [-0.2, -0.15) is 0 Å². The van der Waals surface area contributed by atoms with Crippen LogP contribution in [0.5, 0.6) is 11.5 Å². The highest BCUT2D eigenvalue weighted by Crippen LogP contribution is 2.41. The molecule has 0 spiro atoms. The molecule has 110 valence electrons. The van der Waals surface area contributed by atoms with Crippen molar-refractivity contribution in [2.75, 3.05) is 13.2 Å². The lowest BCUT2D eigenvalue weighted by atomic mass is 10.0. The average Bonchev–Trinajstić information content (AvgIpc) is 2.70. The topological polar surface area (TPSA) is 18.5 Å². The summed E-state index contributed by atoms with van der Waals surface area (Å²) in [5, 5.41) is 0.287. The van der Waals surface area contributed by atoms with Gasteiger partial charge < -0.3 is 9.47 Å². The van der Waals surface area contributed by atoms with E-state index in [1.54, 1.807) is 6.07 Å². The van der Waals surface area contributed by atoms with Crippen molar-refractivity contribution in [2.45, 2.75) is 18.7 Å². The molecule has 2 aromatic carbocycles. The molecule has 21 heavy (non-hydrogen) atoms. The number of hydrogen-bond acceptors (Lipinski definition) is 2. The van der Waals surface area contributed by atoms with Crippen molar-refractivity contribution in [1.29, 1.82) is 0 Å². The molecule has 0 saturated carbocycles. The number of halogens is 2. The third-order valence-electron chi connectivity index (χ3n) is 3.47. The molecular formula is C17H16Cl2O2. The van der Waals surface area contributed by atoms with Crippen LogP contribution in [0.2, 0.25) is 5.02 Å². The maximum Gasteiger partial charge on any atom is 0.162 e. The van der Waals surface area contributed by atoms with Gasteiger partial charge in [0, 0.05) is 17.5 Å². The lowest BCUT2D eigenvalue weighted by Crippen LogP contribution is -1.98. The lowest BCUT2D eigenvalue weighted by molar-refractivity contribution is 0.297. The van der Waals surface area contributed by atoms with Gasteiger partial charge in [0.2, 0.25) is 0 Å². The Labute approximate surface area is 134 Å². The van der Waals surface area contributed by atoms with Gasteiger partial charge in [0.05, 0.1) is 18.6 Å². The number of benzene rings is 2. The molecule has 0 aliphatic carbocycles. The molecule has 0 fully saturated rings. The van der Waals surface area contributed by atoms with E-state index in [2.05, 4.69) is 6.07 Å². The van der Waals surface area contributed by atoms with Crippen LogP contribution >= 0.6 is 23.2 Å². The molecule has 1 heterocycles. The maximum atomic E-state index is 6.61. The van der Waals surface area contributed by atoms with Crippen molar-refractivity contribution in [3.63, 3.8) is 0 Å². The molecule has 4 heteroatoms. The van der Waals surface area contributed by atoms with Gasteiger partial charge in [-0.05, 0) is 24.1 Å². The molecule has 0 bridgehead atoms. The molecule has 0 aromatic heterocycles. The summed E-state index contributed by atoms with van der Waals surface area (Å²) in [5.41, 5.74) is 3.03. The predicted molar refractivity (Wildman–Crippen MR) is 85.9 cm³/mol. The highest BCUT2D eigenvalue weighted by Gasteiger charge is 2.20. The van der Waals surface area contributed by atoms with Gasteiger partial charge in [-0.15, -0.1) is 11.6 Å². The number of rotatable bonds is 2. The van der Waals surface area contributed by atoms with Crippen LogP contribution in [0.4, 0.5) is 0 Å². The van der Waals surface area contributed by atoms with Crippen LogP contribution in [0, 0.1) is 6.92 Å². The van der Waals surface area contributed by atoms with Gasteiger partial charge >= 0.3 is 0 Å². The standard InChI is InChI=1S/C17H16Cl2O2/c1-11-4-2-5-12(8-11)17(19)13-9-15-16(10-14(13)18)21-7-3-6-20-15/h2,4-5,8-10,17H,3,6-7H2,1H3. The van der Waals surface area contributed by atoms with E-state index < -0.39 is 0 Å². The predicted octanol–water partition coefficient (Wildman–Crippen LogP) is 5.14. The molecule has 1 aliphatic rings. The Hall–Kier alpha value is -1.38.